The molecule has 0 aliphatic carbocycles. The summed E-state index contributed by atoms with van der Waals surface area (Å²) in [6.07, 6.45) is 2.65. The van der Waals surface area contributed by atoms with Gasteiger partial charge in [-0.1, -0.05) is 50.6 Å². The van der Waals surface area contributed by atoms with Gasteiger partial charge >= 0.3 is 0 Å². The predicted octanol–water partition coefficient (Wildman–Crippen LogP) is 3.75. The van der Waals surface area contributed by atoms with Crippen LogP contribution in [-0.4, -0.2) is 58.3 Å². The summed E-state index contributed by atoms with van der Waals surface area (Å²) in [4.78, 5) is 7.25. The Morgan fingerprint density at radius 2 is 1.90 bits per heavy atom. The first-order chi connectivity index (χ1) is 14.1. The summed E-state index contributed by atoms with van der Waals surface area (Å²) in [6, 6.07) is 8.19. The number of hydrogen-bond donors (Lipinski definition) is 2. The number of aromatic nitrogens is 3. The van der Waals surface area contributed by atoms with Crippen LogP contribution in [0.3, 0.4) is 0 Å². The molecule has 168 valence electrons. The zero-order chi connectivity index (χ0) is 21.1. The molecule has 0 saturated heterocycles. The minimum Gasteiger partial charge on any atom is -0.357 e. The molecule has 0 fully saturated rings. The lowest BCUT2D eigenvalue weighted by Crippen LogP contribution is -2.40. The lowest BCUT2D eigenvalue weighted by Gasteiger charge is -2.29. The van der Waals surface area contributed by atoms with Crippen molar-refractivity contribution in [3.63, 3.8) is 0 Å². The number of rotatable bonds is 11. The third-order valence-electron chi connectivity index (χ3n) is 4.94. The van der Waals surface area contributed by atoms with Gasteiger partial charge in [0.05, 0.1) is 12.6 Å². The summed E-state index contributed by atoms with van der Waals surface area (Å²) in [5, 5.41) is 15.7. The number of hydrogen-bond acceptors (Lipinski definition) is 4. The number of halogens is 2. The van der Waals surface area contributed by atoms with Gasteiger partial charge in [-0.3, -0.25) is 9.89 Å². The topological polar surface area (TPSA) is 70.4 Å². The van der Waals surface area contributed by atoms with Crippen LogP contribution >= 0.6 is 35.6 Å². The molecular weight excluding hydrogens is 513 g/mol. The van der Waals surface area contributed by atoms with Gasteiger partial charge in [0, 0.05) is 31.1 Å². The normalized spacial score (nSPS) is 12.5. The van der Waals surface area contributed by atoms with E-state index >= 15 is 0 Å². The Balaban J connectivity index is 0.00000450. The molecule has 0 amide bonds. The van der Waals surface area contributed by atoms with Gasteiger partial charge in [-0.2, -0.15) is 0 Å². The molecule has 0 spiro atoms. The van der Waals surface area contributed by atoms with Gasteiger partial charge < -0.3 is 15.2 Å². The highest BCUT2D eigenvalue weighted by molar-refractivity contribution is 14.0. The van der Waals surface area contributed by atoms with Crippen LogP contribution in [0.2, 0.25) is 5.02 Å². The molecular formula is C21H35ClIN7. The molecule has 1 atom stereocenters. The second kappa shape index (κ2) is 14.6. The number of aliphatic imine (C=N–C) groups is 1. The standard InChI is InChI=1S/C21H34ClN7.HI/c1-5-20-27-26-16-29(20)14-13-24-21(23-6-2)25-15-19(28(7-3)8-4)17-11-9-10-12-18(17)22;/h9-12,16,19H,5-8,13-15H2,1-4H3,(H2,23,24,25);1H. The first kappa shape index (κ1) is 26.6. The number of likely N-dealkylation sites (N-methyl/N-ethyl adjacent to an activating group) is 1. The van der Waals surface area contributed by atoms with E-state index in [4.69, 9.17) is 16.6 Å². The molecule has 1 heterocycles. The lowest BCUT2D eigenvalue weighted by atomic mass is 10.1. The second-order valence-electron chi connectivity index (χ2n) is 6.70. The van der Waals surface area contributed by atoms with Crippen molar-refractivity contribution in [2.75, 3.05) is 32.7 Å². The van der Waals surface area contributed by atoms with Crippen molar-refractivity contribution in [1.29, 1.82) is 0 Å². The van der Waals surface area contributed by atoms with E-state index in [1.807, 2.05) is 18.2 Å². The Hall–Kier alpha value is -1.39. The average molecular weight is 548 g/mol. The van der Waals surface area contributed by atoms with E-state index < -0.39 is 0 Å². The van der Waals surface area contributed by atoms with Crippen LogP contribution in [0.15, 0.2) is 35.6 Å². The maximum atomic E-state index is 6.50. The Labute approximate surface area is 202 Å². The maximum Gasteiger partial charge on any atom is 0.191 e. The molecule has 2 aromatic rings. The fraction of sp³-hybridized carbons (Fsp3) is 0.571. The monoisotopic (exact) mass is 547 g/mol. The highest BCUT2D eigenvalue weighted by Crippen LogP contribution is 2.27. The van der Waals surface area contributed by atoms with E-state index in [1.54, 1.807) is 6.33 Å². The van der Waals surface area contributed by atoms with E-state index in [-0.39, 0.29) is 30.0 Å². The molecule has 2 N–H and O–H groups in total. The van der Waals surface area contributed by atoms with E-state index in [1.165, 1.54) is 0 Å². The van der Waals surface area contributed by atoms with Crippen LogP contribution in [0.1, 0.15) is 45.1 Å². The quantitative estimate of drug-likeness (QED) is 0.255. The first-order valence-electron chi connectivity index (χ1n) is 10.5. The minimum absolute atomic E-state index is 0. The van der Waals surface area contributed by atoms with Gasteiger partial charge in [0.1, 0.15) is 12.2 Å². The van der Waals surface area contributed by atoms with Crippen molar-refractivity contribution >= 4 is 41.5 Å². The van der Waals surface area contributed by atoms with Crippen molar-refractivity contribution in [2.24, 2.45) is 4.99 Å². The van der Waals surface area contributed by atoms with Crippen molar-refractivity contribution < 1.29 is 0 Å². The fourth-order valence-corrected chi connectivity index (χ4v) is 3.64. The van der Waals surface area contributed by atoms with Gasteiger partial charge in [-0.25, -0.2) is 0 Å². The zero-order valence-corrected chi connectivity index (χ0v) is 21.5. The third-order valence-corrected chi connectivity index (χ3v) is 5.29. The van der Waals surface area contributed by atoms with E-state index in [0.29, 0.717) is 6.54 Å². The van der Waals surface area contributed by atoms with Gasteiger partial charge in [0.2, 0.25) is 0 Å². The highest BCUT2D eigenvalue weighted by Gasteiger charge is 2.20. The largest absolute Gasteiger partial charge is 0.357 e. The van der Waals surface area contributed by atoms with Crippen LogP contribution < -0.4 is 10.6 Å². The number of benzene rings is 1. The lowest BCUT2D eigenvalue weighted by molar-refractivity contribution is 0.224. The molecule has 7 nitrogen and oxygen atoms in total. The molecule has 0 saturated carbocycles. The molecule has 0 radical (unpaired) electrons. The Morgan fingerprint density at radius 1 is 1.17 bits per heavy atom. The van der Waals surface area contributed by atoms with E-state index in [0.717, 1.165) is 61.5 Å². The SMILES string of the molecule is CCNC(=NCC(c1ccccc1Cl)N(CC)CC)NCCn1cnnc1CC.I. The van der Waals surface area contributed by atoms with Gasteiger partial charge in [0.15, 0.2) is 5.96 Å². The van der Waals surface area contributed by atoms with E-state index in [2.05, 4.69) is 64.1 Å². The summed E-state index contributed by atoms with van der Waals surface area (Å²) in [5.41, 5.74) is 1.12. The van der Waals surface area contributed by atoms with E-state index in [9.17, 15) is 0 Å². The Bertz CT molecular complexity index is 761. The van der Waals surface area contributed by atoms with Crippen LogP contribution in [0, 0.1) is 0 Å². The Morgan fingerprint density at radius 3 is 2.53 bits per heavy atom. The van der Waals surface area contributed by atoms with Gasteiger partial charge in [0.25, 0.3) is 0 Å². The summed E-state index contributed by atoms with van der Waals surface area (Å²) < 4.78 is 2.07. The minimum atomic E-state index is 0. The van der Waals surface area contributed by atoms with Crippen LogP contribution in [0.4, 0.5) is 0 Å². The predicted molar refractivity (Wildman–Crippen MR) is 136 cm³/mol. The second-order valence-corrected chi connectivity index (χ2v) is 7.11. The summed E-state index contributed by atoms with van der Waals surface area (Å²) in [5.74, 6) is 1.80. The fourth-order valence-electron chi connectivity index (χ4n) is 3.37. The van der Waals surface area contributed by atoms with Gasteiger partial charge in [-0.05, 0) is 31.6 Å². The molecule has 1 aromatic carbocycles. The van der Waals surface area contributed by atoms with Crippen LogP contribution in [0.25, 0.3) is 0 Å². The smallest absolute Gasteiger partial charge is 0.191 e. The highest BCUT2D eigenvalue weighted by atomic mass is 127. The molecule has 30 heavy (non-hydrogen) atoms. The molecule has 0 bridgehead atoms. The van der Waals surface area contributed by atoms with Crippen molar-refractivity contribution in [2.45, 2.75) is 46.7 Å². The maximum absolute atomic E-state index is 6.50. The Kier molecular flexibility index (Phi) is 13.0. The molecule has 1 aromatic heterocycles. The number of aryl methyl sites for hydroxylation is 1. The van der Waals surface area contributed by atoms with Crippen LogP contribution in [0.5, 0.6) is 0 Å². The number of nitrogens with zero attached hydrogens (tertiary/aromatic N) is 5. The number of nitrogens with one attached hydrogen (secondary N) is 2. The van der Waals surface area contributed by atoms with Crippen LogP contribution in [-0.2, 0) is 13.0 Å². The molecule has 0 aliphatic rings. The summed E-state index contributed by atoms with van der Waals surface area (Å²) in [6.45, 7) is 13.4. The first-order valence-corrected chi connectivity index (χ1v) is 10.9. The molecule has 0 aliphatic heterocycles. The van der Waals surface area contributed by atoms with Crippen molar-refractivity contribution in [1.82, 2.24) is 30.3 Å². The zero-order valence-electron chi connectivity index (χ0n) is 18.4. The third kappa shape index (κ3) is 7.70. The molecule has 9 heteroatoms. The average Bonchev–Trinajstić information content (AvgIpc) is 3.19. The molecule has 1 unspecified atom stereocenters. The van der Waals surface area contributed by atoms with Crippen molar-refractivity contribution in [3.05, 3.63) is 47.0 Å². The number of guanidine groups is 1. The molecule has 2 rings (SSSR count). The van der Waals surface area contributed by atoms with Crippen molar-refractivity contribution in [3.8, 4) is 0 Å². The summed E-state index contributed by atoms with van der Waals surface area (Å²) in [7, 11) is 0. The van der Waals surface area contributed by atoms with Gasteiger partial charge in [-0.15, -0.1) is 34.2 Å². The summed E-state index contributed by atoms with van der Waals surface area (Å²) >= 11 is 6.50.